The van der Waals surface area contributed by atoms with E-state index in [4.69, 9.17) is 9.15 Å². The van der Waals surface area contributed by atoms with Gasteiger partial charge in [0.25, 0.3) is 11.7 Å². The zero-order valence-electron chi connectivity index (χ0n) is 16.0. The Balaban J connectivity index is 1.85. The van der Waals surface area contributed by atoms with Crippen LogP contribution in [0.2, 0.25) is 0 Å². The highest BCUT2D eigenvalue weighted by Crippen LogP contribution is 2.40. The molecule has 6 nitrogen and oxygen atoms in total. The second-order valence-electron chi connectivity index (χ2n) is 6.79. The monoisotopic (exact) mass is 407 g/mol. The third-order valence-corrected chi connectivity index (χ3v) is 4.97. The maximum absolute atomic E-state index is 14.0. The number of nitrogens with zero attached hydrogens (tertiary/aromatic N) is 1. The fraction of sp³-hybridized carbons (Fsp3) is 0.130. The standard InChI is InChI=1S/C23H18FNO5/c1-29-17-9-7-14(8-10-17)21(26)19-20(15-4-2-5-16(24)12-15)25(23(28)22(19)27)13-18-6-3-11-30-18/h2-12,20,26H,13H2,1H3. The molecule has 152 valence electrons. The summed E-state index contributed by atoms with van der Waals surface area (Å²) in [6.45, 7) is -0.00184. The zero-order chi connectivity index (χ0) is 21.3. The van der Waals surface area contributed by atoms with Gasteiger partial charge in [0.15, 0.2) is 0 Å². The van der Waals surface area contributed by atoms with Crippen molar-refractivity contribution in [1.29, 1.82) is 0 Å². The van der Waals surface area contributed by atoms with Crippen LogP contribution in [0, 0.1) is 5.82 Å². The molecule has 1 aromatic heterocycles. The summed E-state index contributed by atoms with van der Waals surface area (Å²) < 4.78 is 24.4. The molecule has 0 aliphatic carbocycles. The van der Waals surface area contributed by atoms with Crippen molar-refractivity contribution in [3.05, 3.63) is 95.2 Å². The van der Waals surface area contributed by atoms with Gasteiger partial charge in [-0.25, -0.2) is 4.39 Å². The molecular formula is C23H18FNO5. The molecule has 0 spiro atoms. The van der Waals surface area contributed by atoms with Crippen molar-refractivity contribution in [2.45, 2.75) is 12.6 Å². The highest BCUT2D eigenvalue weighted by molar-refractivity contribution is 6.46. The smallest absolute Gasteiger partial charge is 0.296 e. The highest BCUT2D eigenvalue weighted by Gasteiger charge is 2.46. The predicted octanol–water partition coefficient (Wildman–Crippen LogP) is 4.05. The number of carbonyl (C=O) groups excluding carboxylic acids is 2. The Morgan fingerprint density at radius 3 is 2.53 bits per heavy atom. The van der Waals surface area contributed by atoms with Crippen LogP contribution in [0.4, 0.5) is 4.39 Å². The van der Waals surface area contributed by atoms with Gasteiger partial charge in [0.05, 0.1) is 31.5 Å². The Labute approximate surface area is 171 Å². The largest absolute Gasteiger partial charge is 0.507 e. The Hall–Kier alpha value is -3.87. The van der Waals surface area contributed by atoms with Gasteiger partial charge in [-0.3, -0.25) is 9.59 Å². The van der Waals surface area contributed by atoms with Gasteiger partial charge >= 0.3 is 0 Å². The van der Waals surface area contributed by atoms with E-state index < -0.39 is 23.5 Å². The molecule has 0 radical (unpaired) electrons. The number of furan rings is 1. The van der Waals surface area contributed by atoms with E-state index in [2.05, 4.69) is 0 Å². The van der Waals surface area contributed by atoms with Gasteiger partial charge in [-0.1, -0.05) is 12.1 Å². The van der Waals surface area contributed by atoms with E-state index in [0.717, 1.165) is 0 Å². The molecule has 2 heterocycles. The molecule has 1 atom stereocenters. The van der Waals surface area contributed by atoms with Crippen LogP contribution in [0.5, 0.6) is 5.75 Å². The number of ether oxygens (including phenoxy) is 1. The number of Topliss-reactive ketones (excluding diaryl/α,β-unsaturated/α-hetero) is 1. The number of ketones is 1. The summed E-state index contributed by atoms with van der Waals surface area (Å²) in [6, 6.07) is 14.4. The Bertz CT molecular complexity index is 1120. The molecule has 7 heteroatoms. The maximum Gasteiger partial charge on any atom is 0.296 e. The fourth-order valence-electron chi connectivity index (χ4n) is 3.54. The number of aliphatic hydroxyl groups is 1. The molecule has 2 aromatic carbocycles. The molecule has 1 unspecified atom stereocenters. The number of halogens is 1. The molecule has 1 N–H and O–H groups in total. The first kappa shape index (κ1) is 19.4. The Kier molecular flexibility index (Phi) is 5.10. The number of carbonyl (C=O) groups is 2. The van der Waals surface area contributed by atoms with E-state index in [9.17, 15) is 19.1 Å². The zero-order valence-corrected chi connectivity index (χ0v) is 16.0. The van der Waals surface area contributed by atoms with Gasteiger partial charge in [0, 0.05) is 5.56 Å². The van der Waals surface area contributed by atoms with Gasteiger partial charge in [-0.05, 0) is 54.1 Å². The van der Waals surface area contributed by atoms with Gasteiger partial charge < -0.3 is 19.2 Å². The lowest BCUT2D eigenvalue weighted by molar-refractivity contribution is -0.140. The maximum atomic E-state index is 14.0. The summed E-state index contributed by atoms with van der Waals surface area (Å²) in [5.74, 6) is -1.46. The topological polar surface area (TPSA) is 80.0 Å². The van der Waals surface area contributed by atoms with Crippen LogP contribution in [0.15, 0.2) is 76.9 Å². The minimum atomic E-state index is -0.965. The Morgan fingerprint density at radius 2 is 1.90 bits per heavy atom. The van der Waals surface area contributed by atoms with E-state index in [1.807, 2.05) is 0 Å². The molecule has 1 amide bonds. The molecule has 3 aromatic rings. The first-order valence-electron chi connectivity index (χ1n) is 9.20. The number of methoxy groups -OCH3 is 1. The lowest BCUT2D eigenvalue weighted by Gasteiger charge is -2.24. The molecule has 1 aliphatic heterocycles. The summed E-state index contributed by atoms with van der Waals surface area (Å²) in [5, 5.41) is 10.9. The third kappa shape index (κ3) is 3.45. The van der Waals surface area contributed by atoms with Crippen molar-refractivity contribution in [2.24, 2.45) is 0 Å². The number of amides is 1. The molecule has 1 aliphatic rings. The molecule has 1 fully saturated rings. The minimum Gasteiger partial charge on any atom is -0.507 e. The van der Waals surface area contributed by atoms with Gasteiger partial charge in [0.2, 0.25) is 0 Å². The predicted molar refractivity (Wildman–Crippen MR) is 106 cm³/mol. The van der Waals surface area contributed by atoms with Crippen molar-refractivity contribution < 1.29 is 28.2 Å². The van der Waals surface area contributed by atoms with Crippen LogP contribution in [0.25, 0.3) is 5.76 Å². The second-order valence-corrected chi connectivity index (χ2v) is 6.79. The number of hydrogen-bond donors (Lipinski definition) is 1. The first-order chi connectivity index (χ1) is 14.5. The van der Waals surface area contributed by atoms with Crippen LogP contribution in [0.3, 0.4) is 0 Å². The summed E-state index contributed by atoms with van der Waals surface area (Å²) in [6.07, 6.45) is 1.46. The average Bonchev–Trinajstić information content (AvgIpc) is 3.36. The van der Waals surface area contributed by atoms with Crippen molar-refractivity contribution in [3.63, 3.8) is 0 Å². The van der Waals surface area contributed by atoms with Gasteiger partial charge in [-0.2, -0.15) is 0 Å². The molecule has 0 saturated carbocycles. The minimum absolute atomic E-state index is 0.00184. The van der Waals surface area contributed by atoms with Crippen LogP contribution < -0.4 is 4.74 Å². The van der Waals surface area contributed by atoms with Crippen LogP contribution in [-0.2, 0) is 16.1 Å². The van der Waals surface area contributed by atoms with Crippen molar-refractivity contribution >= 4 is 17.4 Å². The molecular weight excluding hydrogens is 389 g/mol. The van der Waals surface area contributed by atoms with Crippen LogP contribution in [0.1, 0.15) is 22.9 Å². The number of rotatable bonds is 5. The Morgan fingerprint density at radius 1 is 1.13 bits per heavy atom. The summed E-state index contributed by atoms with van der Waals surface area (Å²) in [7, 11) is 1.51. The normalized spacial score (nSPS) is 18.1. The second kappa shape index (κ2) is 7.87. The van der Waals surface area contributed by atoms with Crippen LogP contribution in [-0.4, -0.2) is 28.8 Å². The van der Waals surface area contributed by atoms with E-state index >= 15 is 0 Å². The van der Waals surface area contributed by atoms with Crippen LogP contribution >= 0.6 is 0 Å². The molecule has 30 heavy (non-hydrogen) atoms. The first-order valence-corrected chi connectivity index (χ1v) is 9.20. The van der Waals surface area contributed by atoms with E-state index in [1.165, 1.54) is 36.5 Å². The summed E-state index contributed by atoms with van der Waals surface area (Å²) in [5.41, 5.74) is 0.603. The molecule has 0 bridgehead atoms. The SMILES string of the molecule is COc1ccc(C(O)=C2C(=O)C(=O)N(Cc3ccco3)C2c2cccc(F)c2)cc1. The van der Waals surface area contributed by atoms with E-state index in [-0.39, 0.29) is 17.9 Å². The third-order valence-electron chi connectivity index (χ3n) is 4.97. The fourth-order valence-corrected chi connectivity index (χ4v) is 3.54. The highest BCUT2D eigenvalue weighted by atomic mass is 19.1. The van der Waals surface area contributed by atoms with Crippen molar-refractivity contribution in [3.8, 4) is 5.75 Å². The lowest BCUT2D eigenvalue weighted by Crippen LogP contribution is -2.29. The van der Waals surface area contributed by atoms with Crippen molar-refractivity contribution in [1.82, 2.24) is 4.90 Å². The van der Waals surface area contributed by atoms with Gasteiger partial charge in [0.1, 0.15) is 23.1 Å². The average molecular weight is 407 g/mol. The van der Waals surface area contributed by atoms with E-state index in [1.54, 1.807) is 42.5 Å². The van der Waals surface area contributed by atoms with E-state index in [0.29, 0.717) is 22.6 Å². The number of hydrogen-bond acceptors (Lipinski definition) is 5. The molecule has 4 rings (SSSR count). The summed E-state index contributed by atoms with van der Waals surface area (Å²) >= 11 is 0. The quantitative estimate of drug-likeness (QED) is 0.392. The van der Waals surface area contributed by atoms with Gasteiger partial charge in [-0.15, -0.1) is 0 Å². The number of benzene rings is 2. The summed E-state index contributed by atoms with van der Waals surface area (Å²) in [4.78, 5) is 27.0. The van der Waals surface area contributed by atoms with Crippen molar-refractivity contribution in [2.75, 3.05) is 7.11 Å². The lowest BCUT2D eigenvalue weighted by atomic mass is 9.95. The number of aliphatic hydroxyl groups excluding tert-OH is 1. The molecule has 1 saturated heterocycles. The number of likely N-dealkylation sites (tertiary alicyclic amines) is 1.